The molecule has 0 N–H and O–H groups in total. The van der Waals surface area contributed by atoms with E-state index >= 15 is 0 Å². The highest BCUT2D eigenvalue weighted by atomic mass is 16.5. The van der Waals surface area contributed by atoms with E-state index in [0.29, 0.717) is 6.54 Å². The molecule has 1 amide bonds. The minimum atomic E-state index is -0.259. The predicted octanol–water partition coefficient (Wildman–Crippen LogP) is 2.52. The summed E-state index contributed by atoms with van der Waals surface area (Å²) in [6.45, 7) is 1.06. The number of ether oxygens (including phenoxy) is 1. The lowest BCUT2D eigenvalue weighted by molar-refractivity contribution is 0.0720. The van der Waals surface area contributed by atoms with Gasteiger partial charge in [0.25, 0.3) is 11.5 Å². The van der Waals surface area contributed by atoms with E-state index in [1.807, 2.05) is 47.4 Å². The summed E-state index contributed by atoms with van der Waals surface area (Å²) < 4.78 is 6.92. The number of aromatic nitrogens is 3. The Morgan fingerprint density at radius 2 is 1.83 bits per heavy atom. The maximum Gasteiger partial charge on any atom is 0.274 e. The van der Waals surface area contributed by atoms with E-state index in [9.17, 15) is 9.59 Å². The highest BCUT2D eigenvalue weighted by Crippen LogP contribution is 2.29. The van der Waals surface area contributed by atoms with Gasteiger partial charge in [-0.2, -0.15) is 5.10 Å². The summed E-state index contributed by atoms with van der Waals surface area (Å²) in [5.74, 6) is 0.562. The van der Waals surface area contributed by atoms with Crippen molar-refractivity contribution in [2.75, 3.05) is 6.61 Å². The molecule has 0 atom stereocenters. The second-order valence-corrected chi connectivity index (χ2v) is 6.96. The van der Waals surface area contributed by atoms with Crippen LogP contribution in [0.15, 0.2) is 71.8 Å². The van der Waals surface area contributed by atoms with Gasteiger partial charge in [-0.3, -0.25) is 14.6 Å². The molecule has 0 spiro atoms. The molecule has 7 nitrogen and oxygen atoms in total. The summed E-state index contributed by atoms with van der Waals surface area (Å²) in [7, 11) is 0. The first-order valence-electron chi connectivity index (χ1n) is 9.66. The molecule has 0 saturated heterocycles. The first-order chi connectivity index (χ1) is 14.2. The van der Waals surface area contributed by atoms with Crippen LogP contribution in [-0.2, 0) is 13.1 Å². The summed E-state index contributed by atoms with van der Waals surface area (Å²) in [4.78, 5) is 31.1. The van der Waals surface area contributed by atoms with Gasteiger partial charge in [0.1, 0.15) is 18.1 Å². The van der Waals surface area contributed by atoms with Gasteiger partial charge in [0.15, 0.2) is 0 Å². The summed E-state index contributed by atoms with van der Waals surface area (Å²) in [5, 5.41) is 4.30. The number of benzene rings is 1. The molecular weight excluding hydrogens is 368 g/mol. The third-order valence-corrected chi connectivity index (χ3v) is 4.75. The molecule has 3 aromatic rings. The van der Waals surface area contributed by atoms with Crippen LogP contribution in [0.1, 0.15) is 28.9 Å². The molecule has 4 rings (SSSR count). The Morgan fingerprint density at radius 1 is 1.07 bits per heavy atom. The molecule has 1 aromatic carbocycles. The van der Waals surface area contributed by atoms with Crippen LogP contribution in [0.3, 0.4) is 0 Å². The largest absolute Gasteiger partial charge is 0.492 e. The van der Waals surface area contributed by atoms with Crippen LogP contribution in [0, 0.1) is 0 Å². The van der Waals surface area contributed by atoms with E-state index in [4.69, 9.17) is 4.74 Å². The Hall–Kier alpha value is -3.48. The van der Waals surface area contributed by atoms with Gasteiger partial charge in [0.2, 0.25) is 0 Å². The van der Waals surface area contributed by atoms with E-state index in [-0.39, 0.29) is 36.4 Å². The summed E-state index contributed by atoms with van der Waals surface area (Å²) in [6.07, 6.45) is 5.41. The standard InChI is InChI=1S/C22H22N4O3/c27-21-9-8-20(24-26(21)14-15-29-19-4-2-1-3-5-19)22(28)25(18-6-7-18)16-17-10-12-23-13-11-17/h1-5,8-13,18H,6-7,14-16H2. The van der Waals surface area contributed by atoms with Crippen molar-refractivity contribution in [3.63, 3.8) is 0 Å². The molecule has 0 unspecified atom stereocenters. The Labute approximate surface area is 168 Å². The van der Waals surface area contributed by atoms with E-state index in [1.165, 1.54) is 16.8 Å². The normalized spacial score (nSPS) is 13.1. The zero-order valence-electron chi connectivity index (χ0n) is 16.0. The first-order valence-corrected chi connectivity index (χ1v) is 9.66. The molecule has 7 heteroatoms. The van der Waals surface area contributed by atoms with Crippen LogP contribution < -0.4 is 10.3 Å². The second kappa shape index (κ2) is 8.68. The van der Waals surface area contributed by atoms with E-state index in [2.05, 4.69) is 10.1 Å². The van der Waals surface area contributed by atoms with Crippen molar-refractivity contribution >= 4 is 5.91 Å². The summed E-state index contributed by atoms with van der Waals surface area (Å²) >= 11 is 0. The van der Waals surface area contributed by atoms with Gasteiger partial charge in [-0.15, -0.1) is 0 Å². The fraction of sp³-hybridized carbons (Fsp3) is 0.273. The molecular formula is C22H22N4O3. The predicted molar refractivity (Wildman–Crippen MR) is 108 cm³/mol. The lowest BCUT2D eigenvalue weighted by Gasteiger charge is -2.22. The van der Waals surface area contributed by atoms with Crippen LogP contribution in [0.2, 0.25) is 0 Å². The number of pyridine rings is 1. The quantitative estimate of drug-likeness (QED) is 0.591. The molecule has 1 saturated carbocycles. The zero-order valence-corrected chi connectivity index (χ0v) is 16.0. The fourth-order valence-corrected chi connectivity index (χ4v) is 3.07. The van der Waals surface area contributed by atoms with Crippen molar-refractivity contribution in [1.82, 2.24) is 19.7 Å². The highest BCUT2D eigenvalue weighted by molar-refractivity contribution is 5.92. The summed E-state index contributed by atoms with van der Waals surface area (Å²) in [5.41, 5.74) is 1.03. The summed E-state index contributed by atoms with van der Waals surface area (Å²) in [6, 6.07) is 16.3. The van der Waals surface area contributed by atoms with Gasteiger partial charge in [-0.1, -0.05) is 18.2 Å². The Balaban J connectivity index is 1.46. The number of para-hydroxylation sites is 1. The Morgan fingerprint density at radius 3 is 2.55 bits per heavy atom. The van der Waals surface area contributed by atoms with Crippen molar-refractivity contribution in [3.05, 3.63) is 88.6 Å². The fourth-order valence-electron chi connectivity index (χ4n) is 3.07. The van der Waals surface area contributed by atoms with Crippen LogP contribution in [-0.4, -0.2) is 38.2 Å². The highest BCUT2D eigenvalue weighted by Gasteiger charge is 2.33. The van der Waals surface area contributed by atoms with Crippen LogP contribution in [0.25, 0.3) is 0 Å². The Kier molecular flexibility index (Phi) is 5.65. The van der Waals surface area contributed by atoms with Crippen LogP contribution in [0.4, 0.5) is 0 Å². The number of carbonyl (C=O) groups excluding carboxylic acids is 1. The average molecular weight is 390 g/mol. The SMILES string of the molecule is O=C(c1ccc(=O)n(CCOc2ccccc2)n1)N(Cc1ccncc1)C1CC1. The van der Waals surface area contributed by atoms with Gasteiger partial charge in [-0.05, 0) is 48.7 Å². The number of rotatable bonds is 8. The maximum atomic E-state index is 13.1. The van der Waals surface area contributed by atoms with E-state index in [1.54, 1.807) is 12.4 Å². The molecule has 0 bridgehead atoms. The molecule has 0 radical (unpaired) electrons. The molecule has 1 aliphatic rings. The van der Waals surface area contributed by atoms with Crippen molar-refractivity contribution in [2.45, 2.75) is 32.0 Å². The Bertz CT molecular complexity index is 1020. The van der Waals surface area contributed by atoms with Gasteiger partial charge in [0.05, 0.1) is 6.54 Å². The minimum absolute atomic E-state index is 0.165. The lowest BCUT2D eigenvalue weighted by atomic mass is 10.2. The van der Waals surface area contributed by atoms with Gasteiger partial charge >= 0.3 is 0 Å². The zero-order chi connectivity index (χ0) is 20.1. The van der Waals surface area contributed by atoms with Gasteiger partial charge in [-0.25, -0.2) is 4.68 Å². The van der Waals surface area contributed by atoms with Crippen molar-refractivity contribution in [3.8, 4) is 5.75 Å². The molecule has 1 aliphatic carbocycles. The molecule has 148 valence electrons. The van der Waals surface area contributed by atoms with Crippen LogP contribution in [0.5, 0.6) is 5.75 Å². The molecule has 2 aromatic heterocycles. The smallest absolute Gasteiger partial charge is 0.274 e. The third-order valence-electron chi connectivity index (χ3n) is 4.75. The van der Waals surface area contributed by atoms with Crippen LogP contribution >= 0.6 is 0 Å². The van der Waals surface area contributed by atoms with E-state index in [0.717, 1.165) is 24.2 Å². The number of hydrogen-bond acceptors (Lipinski definition) is 5. The van der Waals surface area contributed by atoms with Crippen molar-refractivity contribution in [1.29, 1.82) is 0 Å². The number of amides is 1. The van der Waals surface area contributed by atoms with Crippen molar-refractivity contribution in [2.24, 2.45) is 0 Å². The monoisotopic (exact) mass is 390 g/mol. The van der Waals surface area contributed by atoms with E-state index < -0.39 is 0 Å². The minimum Gasteiger partial charge on any atom is -0.492 e. The average Bonchev–Trinajstić information content (AvgIpc) is 3.60. The third kappa shape index (κ3) is 4.87. The number of hydrogen-bond donors (Lipinski definition) is 0. The maximum absolute atomic E-state index is 13.1. The first kappa shape index (κ1) is 18.9. The second-order valence-electron chi connectivity index (χ2n) is 6.96. The van der Waals surface area contributed by atoms with Gasteiger partial charge < -0.3 is 9.64 Å². The lowest BCUT2D eigenvalue weighted by Crippen LogP contribution is -2.35. The molecule has 2 heterocycles. The number of carbonyl (C=O) groups is 1. The molecule has 0 aliphatic heterocycles. The number of nitrogens with zero attached hydrogens (tertiary/aromatic N) is 4. The van der Waals surface area contributed by atoms with Crippen molar-refractivity contribution < 1.29 is 9.53 Å². The topological polar surface area (TPSA) is 77.3 Å². The molecule has 29 heavy (non-hydrogen) atoms. The van der Waals surface area contributed by atoms with Gasteiger partial charge in [0, 0.05) is 31.0 Å². The molecule has 1 fully saturated rings.